The van der Waals surface area contributed by atoms with Crippen LogP contribution in [0.5, 0.6) is 5.75 Å². The standard InChI is InChI=1S/C15H12BrF2NO2/c1-8-6-9(16)7-12(21-2)14(8)19-15(20)10-4-3-5-11(17)13(10)18/h3-7H,1-2H3,(H,19,20). The summed E-state index contributed by atoms with van der Waals surface area (Å²) in [5.41, 5.74) is 0.778. The maximum absolute atomic E-state index is 13.6. The molecule has 1 amide bonds. The number of anilines is 1. The molecule has 2 rings (SSSR count). The molecule has 2 aromatic rings. The van der Waals surface area contributed by atoms with Gasteiger partial charge in [0, 0.05) is 4.47 Å². The highest BCUT2D eigenvalue weighted by molar-refractivity contribution is 9.10. The lowest BCUT2D eigenvalue weighted by atomic mass is 10.1. The van der Waals surface area contributed by atoms with Gasteiger partial charge in [0.25, 0.3) is 5.91 Å². The highest BCUT2D eigenvalue weighted by atomic mass is 79.9. The summed E-state index contributed by atoms with van der Waals surface area (Å²) in [5, 5.41) is 2.55. The molecule has 6 heteroatoms. The Morgan fingerprint density at radius 2 is 2.00 bits per heavy atom. The van der Waals surface area contributed by atoms with Crippen molar-refractivity contribution in [2.75, 3.05) is 12.4 Å². The zero-order valence-corrected chi connectivity index (χ0v) is 12.9. The van der Waals surface area contributed by atoms with E-state index in [1.54, 1.807) is 19.1 Å². The Bertz CT molecular complexity index is 704. The molecule has 0 bridgehead atoms. The fraction of sp³-hybridized carbons (Fsp3) is 0.133. The normalized spacial score (nSPS) is 10.3. The Hall–Kier alpha value is -1.95. The molecule has 0 saturated heterocycles. The lowest BCUT2D eigenvalue weighted by Crippen LogP contribution is -2.16. The van der Waals surface area contributed by atoms with Crippen LogP contribution in [0.3, 0.4) is 0 Å². The zero-order valence-electron chi connectivity index (χ0n) is 11.3. The van der Waals surface area contributed by atoms with Gasteiger partial charge in [0.05, 0.1) is 18.4 Å². The second-order valence-electron chi connectivity index (χ2n) is 4.36. The molecule has 0 aliphatic carbocycles. The molecule has 0 fully saturated rings. The first-order chi connectivity index (χ1) is 9.93. The molecule has 0 unspecified atom stereocenters. The molecule has 110 valence electrons. The molecule has 2 aromatic carbocycles. The van der Waals surface area contributed by atoms with Crippen molar-refractivity contribution in [3.8, 4) is 5.75 Å². The molecular formula is C15H12BrF2NO2. The molecule has 0 radical (unpaired) electrons. The first kappa shape index (κ1) is 15.4. The van der Waals surface area contributed by atoms with Crippen molar-refractivity contribution in [3.05, 3.63) is 57.6 Å². The van der Waals surface area contributed by atoms with E-state index in [-0.39, 0.29) is 5.56 Å². The number of amides is 1. The minimum Gasteiger partial charge on any atom is -0.495 e. The third-order valence-electron chi connectivity index (χ3n) is 2.92. The van der Waals surface area contributed by atoms with Gasteiger partial charge in [-0.25, -0.2) is 8.78 Å². The van der Waals surface area contributed by atoms with Crippen LogP contribution in [0.25, 0.3) is 0 Å². The molecule has 0 spiro atoms. The van der Waals surface area contributed by atoms with Crippen LogP contribution < -0.4 is 10.1 Å². The van der Waals surface area contributed by atoms with Crippen LogP contribution in [0.1, 0.15) is 15.9 Å². The van der Waals surface area contributed by atoms with Crippen molar-refractivity contribution >= 4 is 27.5 Å². The van der Waals surface area contributed by atoms with E-state index < -0.39 is 17.5 Å². The largest absolute Gasteiger partial charge is 0.495 e. The van der Waals surface area contributed by atoms with Gasteiger partial charge in [0.2, 0.25) is 0 Å². The quantitative estimate of drug-likeness (QED) is 0.891. The Morgan fingerprint density at radius 1 is 1.29 bits per heavy atom. The molecule has 3 nitrogen and oxygen atoms in total. The third-order valence-corrected chi connectivity index (χ3v) is 3.38. The van der Waals surface area contributed by atoms with Gasteiger partial charge in [-0.3, -0.25) is 4.79 Å². The van der Waals surface area contributed by atoms with Gasteiger partial charge in [0.1, 0.15) is 5.75 Å². The maximum atomic E-state index is 13.6. The van der Waals surface area contributed by atoms with Gasteiger partial charge in [-0.05, 0) is 36.8 Å². The molecule has 0 aromatic heterocycles. The SMILES string of the molecule is COc1cc(Br)cc(C)c1NC(=O)c1cccc(F)c1F. The number of benzene rings is 2. The van der Waals surface area contributed by atoms with E-state index in [1.807, 2.05) is 0 Å². The van der Waals surface area contributed by atoms with E-state index >= 15 is 0 Å². The van der Waals surface area contributed by atoms with Crippen molar-refractivity contribution in [2.45, 2.75) is 6.92 Å². The number of halogens is 3. The average Bonchev–Trinajstić information content (AvgIpc) is 2.44. The molecule has 21 heavy (non-hydrogen) atoms. The van der Waals surface area contributed by atoms with E-state index in [9.17, 15) is 13.6 Å². The molecule has 0 saturated carbocycles. The van der Waals surface area contributed by atoms with Crippen molar-refractivity contribution < 1.29 is 18.3 Å². The van der Waals surface area contributed by atoms with E-state index in [2.05, 4.69) is 21.2 Å². The van der Waals surface area contributed by atoms with Crippen molar-refractivity contribution in [1.82, 2.24) is 0 Å². The number of hydrogen-bond acceptors (Lipinski definition) is 2. The van der Waals surface area contributed by atoms with Gasteiger partial charge in [-0.2, -0.15) is 0 Å². The summed E-state index contributed by atoms with van der Waals surface area (Å²) in [4.78, 5) is 12.1. The number of rotatable bonds is 3. The van der Waals surface area contributed by atoms with Crippen LogP contribution in [0.15, 0.2) is 34.8 Å². The highest BCUT2D eigenvalue weighted by Gasteiger charge is 2.18. The molecule has 0 aliphatic heterocycles. The highest BCUT2D eigenvalue weighted by Crippen LogP contribution is 2.32. The first-order valence-corrected chi connectivity index (χ1v) is 6.83. The van der Waals surface area contributed by atoms with E-state index in [0.29, 0.717) is 11.4 Å². The monoisotopic (exact) mass is 355 g/mol. The van der Waals surface area contributed by atoms with Gasteiger partial charge in [0.15, 0.2) is 11.6 Å². The van der Waals surface area contributed by atoms with Crippen LogP contribution in [0, 0.1) is 18.6 Å². The number of ether oxygens (including phenoxy) is 1. The van der Waals surface area contributed by atoms with Crippen LogP contribution in [-0.4, -0.2) is 13.0 Å². The first-order valence-electron chi connectivity index (χ1n) is 6.03. The summed E-state index contributed by atoms with van der Waals surface area (Å²) in [7, 11) is 1.46. The molecule has 0 heterocycles. The summed E-state index contributed by atoms with van der Waals surface area (Å²) in [5.74, 6) is -2.56. The molecule has 0 aliphatic rings. The van der Waals surface area contributed by atoms with E-state index in [4.69, 9.17) is 4.74 Å². The van der Waals surface area contributed by atoms with Gasteiger partial charge in [-0.1, -0.05) is 22.0 Å². The summed E-state index contributed by atoms with van der Waals surface area (Å²) >= 11 is 3.32. The Balaban J connectivity index is 2.38. The van der Waals surface area contributed by atoms with Crippen LogP contribution in [0.2, 0.25) is 0 Å². The minimum atomic E-state index is -1.18. The van der Waals surface area contributed by atoms with Crippen LogP contribution in [-0.2, 0) is 0 Å². The smallest absolute Gasteiger partial charge is 0.258 e. The predicted octanol–water partition coefficient (Wildman–Crippen LogP) is 4.30. The average molecular weight is 356 g/mol. The Morgan fingerprint density at radius 3 is 2.67 bits per heavy atom. The molecule has 1 N–H and O–H groups in total. The van der Waals surface area contributed by atoms with Crippen LogP contribution >= 0.6 is 15.9 Å². The predicted molar refractivity (Wildman–Crippen MR) is 79.7 cm³/mol. The number of hydrogen-bond donors (Lipinski definition) is 1. The summed E-state index contributed by atoms with van der Waals surface area (Å²) in [6.45, 7) is 1.77. The van der Waals surface area contributed by atoms with Crippen LogP contribution in [0.4, 0.5) is 14.5 Å². The topological polar surface area (TPSA) is 38.3 Å². The second-order valence-corrected chi connectivity index (χ2v) is 5.27. The Kier molecular flexibility index (Phi) is 4.57. The lowest BCUT2D eigenvalue weighted by Gasteiger charge is -2.14. The number of carbonyl (C=O) groups excluding carboxylic acids is 1. The fourth-order valence-corrected chi connectivity index (χ4v) is 2.44. The van der Waals surface area contributed by atoms with Crippen molar-refractivity contribution in [3.63, 3.8) is 0 Å². The second kappa shape index (κ2) is 6.22. The minimum absolute atomic E-state index is 0.362. The Labute approximate surface area is 129 Å². The number of aryl methyl sites for hydroxylation is 1. The number of methoxy groups -OCH3 is 1. The fourth-order valence-electron chi connectivity index (χ4n) is 1.89. The molecular weight excluding hydrogens is 344 g/mol. The van der Waals surface area contributed by atoms with E-state index in [1.165, 1.54) is 19.2 Å². The van der Waals surface area contributed by atoms with Gasteiger partial charge in [-0.15, -0.1) is 0 Å². The summed E-state index contributed by atoms with van der Waals surface area (Å²) in [6, 6.07) is 6.90. The van der Waals surface area contributed by atoms with Crippen molar-refractivity contribution in [1.29, 1.82) is 0 Å². The summed E-state index contributed by atoms with van der Waals surface area (Å²) < 4.78 is 32.8. The summed E-state index contributed by atoms with van der Waals surface area (Å²) in [6.07, 6.45) is 0. The number of carbonyl (C=O) groups is 1. The van der Waals surface area contributed by atoms with Gasteiger partial charge < -0.3 is 10.1 Å². The van der Waals surface area contributed by atoms with Crippen molar-refractivity contribution in [2.24, 2.45) is 0 Å². The third kappa shape index (κ3) is 3.21. The van der Waals surface area contributed by atoms with Gasteiger partial charge >= 0.3 is 0 Å². The lowest BCUT2D eigenvalue weighted by molar-refractivity contribution is 0.102. The zero-order chi connectivity index (χ0) is 15.6. The van der Waals surface area contributed by atoms with E-state index in [0.717, 1.165) is 16.1 Å². The number of nitrogens with one attached hydrogen (secondary N) is 1. The maximum Gasteiger partial charge on any atom is 0.258 e. The molecule has 0 atom stereocenters.